The number of pyridine rings is 1. The standard InChI is InChI=1S/C16H20N5O/c17-15(22)16-19-7-10-21(16)12-11-20-8-3-14(4-9-20)13-1-5-18-6-2-13/h1-2,5-6,10,14H,3-4,8-9,11-12H2,(H2,17,22). The Morgan fingerprint density at radius 1 is 1.27 bits per heavy atom. The minimum absolute atomic E-state index is 0.284. The lowest BCUT2D eigenvalue weighted by Crippen LogP contribution is -2.35. The number of nitrogens with zero attached hydrogens (tertiary/aromatic N) is 4. The number of imidazole rings is 1. The lowest BCUT2D eigenvalue weighted by atomic mass is 9.90. The lowest BCUT2D eigenvalue weighted by molar-refractivity contribution is 0.0985. The molecule has 0 bridgehead atoms. The van der Waals surface area contributed by atoms with Crippen LogP contribution in [-0.2, 0) is 6.54 Å². The van der Waals surface area contributed by atoms with Crippen LogP contribution < -0.4 is 5.73 Å². The number of likely N-dealkylation sites (tertiary alicyclic amines) is 1. The zero-order chi connectivity index (χ0) is 15.4. The average Bonchev–Trinajstić information content (AvgIpc) is 3.03. The van der Waals surface area contributed by atoms with Crippen LogP contribution in [0.15, 0.2) is 30.7 Å². The molecule has 0 unspecified atom stereocenters. The van der Waals surface area contributed by atoms with Crippen molar-refractivity contribution in [2.24, 2.45) is 5.73 Å². The van der Waals surface area contributed by atoms with Gasteiger partial charge in [0.2, 0.25) is 0 Å². The van der Waals surface area contributed by atoms with E-state index in [9.17, 15) is 4.79 Å². The molecule has 115 valence electrons. The fourth-order valence-electron chi connectivity index (χ4n) is 3.03. The summed E-state index contributed by atoms with van der Waals surface area (Å²) in [6.45, 7) is 3.75. The van der Waals surface area contributed by atoms with Crippen LogP contribution in [0, 0.1) is 6.20 Å². The van der Waals surface area contributed by atoms with E-state index in [1.807, 2.05) is 12.4 Å². The van der Waals surface area contributed by atoms with Crippen molar-refractivity contribution in [3.05, 3.63) is 48.3 Å². The smallest absolute Gasteiger partial charge is 0.284 e. The van der Waals surface area contributed by atoms with Gasteiger partial charge < -0.3 is 15.2 Å². The SMILES string of the molecule is NC(=O)c1n[c]cn1CCN1CCC(c2ccncc2)CC1. The van der Waals surface area contributed by atoms with E-state index in [-0.39, 0.29) is 5.82 Å². The summed E-state index contributed by atoms with van der Waals surface area (Å²) in [6.07, 6.45) is 10.4. The molecule has 0 spiro atoms. The number of amides is 1. The van der Waals surface area contributed by atoms with Gasteiger partial charge in [-0.15, -0.1) is 0 Å². The van der Waals surface area contributed by atoms with E-state index in [0.717, 1.165) is 32.5 Å². The van der Waals surface area contributed by atoms with Gasteiger partial charge in [0.15, 0.2) is 5.82 Å². The highest BCUT2D eigenvalue weighted by atomic mass is 16.1. The van der Waals surface area contributed by atoms with Gasteiger partial charge >= 0.3 is 0 Å². The van der Waals surface area contributed by atoms with Crippen LogP contribution in [-0.4, -0.2) is 45.0 Å². The number of carbonyl (C=O) groups excluding carboxylic acids is 1. The van der Waals surface area contributed by atoms with Crippen LogP contribution in [0.25, 0.3) is 0 Å². The van der Waals surface area contributed by atoms with Gasteiger partial charge in [-0.05, 0) is 49.5 Å². The highest BCUT2D eigenvalue weighted by Crippen LogP contribution is 2.27. The number of nitrogens with two attached hydrogens (primary N) is 1. The molecule has 0 saturated carbocycles. The highest BCUT2D eigenvalue weighted by Gasteiger charge is 2.20. The fourth-order valence-corrected chi connectivity index (χ4v) is 3.03. The number of rotatable bonds is 5. The van der Waals surface area contributed by atoms with Crippen LogP contribution in [0.2, 0.25) is 0 Å². The molecule has 6 heteroatoms. The van der Waals surface area contributed by atoms with E-state index >= 15 is 0 Å². The Labute approximate surface area is 130 Å². The topological polar surface area (TPSA) is 77.0 Å². The third-order valence-electron chi connectivity index (χ3n) is 4.30. The Balaban J connectivity index is 1.50. The molecule has 1 radical (unpaired) electrons. The van der Waals surface area contributed by atoms with E-state index in [0.29, 0.717) is 12.5 Å². The Hall–Kier alpha value is -2.21. The van der Waals surface area contributed by atoms with Gasteiger partial charge in [0.1, 0.15) is 6.20 Å². The Morgan fingerprint density at radius 2 is 2.00 bits per heavy atom. The van der Waals surface area contributed by atoms with Crippen LogP contribution >= 0.6 is 0 Å². The predicted octanol–water partition coefficient (Wildman–Crippen LogP) is 1.06. The van der Waals surface area contributed by atoms with E-state index in [1.54, 1.807) is 10.8 Å². The zero-order valence-corrected chi connectivity index (χ0v) is 12.5. The maximum absolute atomic E-state index is 11.2. The van der Waals surface area contributed by atoms with Gasteiger partial charge in [0.25, 0.3) is 5.91 Å². The number of carbonyl (C=O) groups is 1. The lowest BCUT2D eigenvalue weighted by Gasteiger charge is -2.32. The molecule has 3 rings (SSSR count). The second kappa shape index (κ2) is 6.70. The van der Waals surface area contributed by atoms with Crippen molar-refractivity contribution in [3.8, 4) is 0 Å². The first kappa shape index (κ1) is 14.7. The first-order chi connectivity index (χ1) is 10.7. The van der Waals surface area contributed by atoms with Crippen LogP contribution in [0.1, 0.15) is 34.9 Å². The quantitative estimate of drug-likeness (QED) is 0.895. The number of piperidine rings is 1. The van der Waals surface area contributed by atoms with Crippen molar-refractivity contribution in [2.75, 3.05) is 19.6 Å². The second-order valence-electron chi connectivity index (χ2n) is 5.65. The van der Waals surface area contributed by atoms with Crippen LogP contribution in [0.3, 0.4) is 0 Å². The first-order valence-electron chi connectivity index (χ1n) is 7.59. The van der Waals surface area contributed by atoms with Gasteiger partial charge in [-0.1, -0.05) is 0 Å². The molecule has 1 fully saturated rings. The van der Waals surface area contributed by atoms with Crippen molar-refractivity contribution in [2.45, 2.75) is 25.3 Å². The van der Waals surface area contributed by atoms with Crippen molar-refractivity contribution in [1.82, 2.24) is 19.4 Å². The molecule has 1 aliphatic heterocycles. The summed E-state index contributed by atoms with van der Waals surface area (Å²) in [5.41, 5.74) is 6.67. The average molecular weight is 298 g/mol. The summed E-state index contributed by atoms with van der Waals surface area (Å²) in [6, 6.07) is 4.22. The van der Waals surface area contributed by atoms with E-state index in [1.165, 1.54) is 5.56 Å². The molecule has 1 aliphatic rings. The third-order valence-corrected chi connectivity index (χ3v) is 4.30. The van der Waals surface area contributed by atoms with Gasteiger partial charge in [-0.25, -0.2) is 4.98 Å². The molecule has 1 amide bonds. The highest BCUT2D eigenvalue weighted by molar-refractivity contribution is 5.89. The third kappa shape index (κ3) is 3.33. The van der Waals surface area contributed by atoms with Gasteiger partial charge in [0, 0.05) is 31.7 Å². The van der Waals surface area contributed by atoms with Crippen molar-refractivity contribution >= 4 is 5.91 Å². The molecular formula is C16H20N5O. The monoisotopic (exact) mass is 298 g/mol. The zero-order valence-electron chi connectivity index (χ0n) is 12.5. The van der Waals surface area contributed by atoms with Crippen molar-refractivity contribution < 1.29 is 4.79 Å². The Bertz CT molecular complexity index is 616. The molecule has 0 aromatic carbocycles. The van der Waals surface area contributed by atoms with Crippen LogP contribution in [0.5, 0.6) is 0 Å². The number of primary amides is 1. The van der Waals surface area contributed by atoms with Crippen molar-refractivity contribution in [1.29, 1.82) is 0 Å². The van der Waals surface area contributed by atoms with E-state index in [4.69, 9.17) is 5.73 Å². The summed E-state index contributed by atoms with van der Waals surface area (Å²) in [7, 11) is 0. The Morgan fingerprint density at radius 3 is 2.68 bits per heavy atom. The van der Waals surface area contributed by atoms with Gasteiger partial charge in [-0.2, -0.15) is 0 Å². The molecule has 0 aliphatic carbocycles. The second-order valence-corrected chi connectivity index (χ2v) is 5.65. The normalized spacial score (nSPS) is 16.7. The molecule has 3 heterocycles. The molecule has 2 aromatic rings. The molecule has 1 saturated heterocycles. The largest absolute Gasteiger partial charge is 0.363 e. The minimum atomic E-state index is -0.502. The molecule has 0 atom stereocenters. The number of hydrogen-bond donors (Lipinski definition) is 1. The molecule has 6 nitrogen and oxygen atoms in total. The number of hydrogen-bond acceptors (Lipinski definition) is 4. The van der Waals surface area contributed by atoms with E-state index < -0.39 is 5.91 Å². The maximum atomic E-state index is 11.2. The molecule has 22 heavy (non-hydrogen) atoms. The summed E-state index contributed by atoms with van der Waals surface area (Å²) in [5, 5.41) is 0. The van der Waals surface area contributed by atoms with Crippen molar-refractivity contribution in [3.63, 3.8) is 0 Å². The molecule has 2 N–H and O–H groups in total. The minimum Gasteiger partial charge on any atom is -0.363 e. The fraction of sp³-hybridized carbons (Fsp3) is 0.438. The summed E-state index contributed by atoms with van der Waals surface area (Å²) in [5.74, 6) is 0.409. The molecular weight excluding hydrogens is 278 g/mol. The summed E-state index contributed by atoms with van der Waals surface area (Å²) >= 11 is 0. The summed E-state index contributed by atoms with van der Waals surface area (Å²) in [4.78, 5) is 21.6. The maximum Gasteiger partial charge on any atom is 0.284 e. The van der Waals surface area contributed by atoms with Gasteiger partial charge in [0.05, 0.1) is 0 Å². The van der Waals surface area contributed by atoms with Crippen LogP contribution in [0.4, 0.5) is 0 Å². The number of aromatic nitrogens is 3. The van der Waals surface area contributed by atoms with E-state index in [2.05, 4.69) is 33.2 Å². The van der Waals surface area contributed by atoms with Gasteiger partial charge in [-0.3, -0.25) is 9.78 Å². The first-order valence-corrected chi connectivity index (χ1v) is 7.59. The predicted molar refractivity (Wildman–Crippen MR) is 82.2 cm³/mol. The molecule has 2 aromatic heterocycles. The Kier molecular flexibility index (Phi) is 4.48. The summed E-state index contributed by atoms with van der Waals surface area (Å²) < 4.78 is 1.78.